The summed E-state index contributed by atoms with van der Waals surface area (Å²) in [5.41, 5.74) is 4.19. The first kappa shape index (κ1) is 8.49. The fourth-order valence-corrected chi connectivity index (χ4v) is 3.18. The molecule has 2 aliphatic carbocycles. The molecule has 1 aromatic rings. The Hall–Kier alpha value is -0.820. The van der Waals surface area contributed by atoms with Crippen molar-refractivity contribution in [3.63, 3.8) is 0 Å². The summed E-state index contributed by atoms with van der Waals surface area (Å²) in [7, 11) is 0. The third-order valence-corrected chi connectivity index (χ3v) is 3.93. The number of aliphatic hydroxyl groups is 1. The molecule has 0 amide bonds. The molecular weight excluding hydrogens is 172 g/mol. The van der Waals surface area contributed by atoms with E-state index in [1.54, 1.807) is 0 Å². The van der Waals surface area contributed by atoms with Gasteiger partial charge in [0.05, 0.1) is 6.10 Å². The maximum absolute atomic E-state index is 9.92. The largest absolute Gasteiger partial charge is 0.388 e. The smallest absolute Gasteiger partial charge is 0.0798 e. The molecule has 0 bridgehead atoms. The first-order valence-corrected chi connectivity index (χ1v) is 5.58. The van der Waals surface area contributed by atoms with Gasteiger partial charge in [-0.05, 0) is 47.8 Å². The van der Waals surface area contributed by atoms with Crippen LogP contribution in [0.25, 0.3) is 0 Å². The zero-order chi connectivity index (χ0) is 9.71. The summed E-state index contributed by atoms with van der Waals surface area (Å²) >= 11 is 0. The molecule has 0 radical (unpaired) electrons. The van der Waals surface area contributed by atoms with Crippen LogP contribution >= 0.6 is 0 Å². The van der Waals surface area contributed by atoms with E-state index < -0.39 is 0 Å². The Bertz CT molecular complexity index is 369. The first-order valence-electron chi connectivity index (χ1n) is 5.58. The highest BCUT2D eigenvalue weighted by atomic mass is 16.3. The van der Waals surface area contributed by atoms with Crippen molar-refractivity contribution in [3.05, 3.63) is 34.9 Å². The average molecular weight is 188 g/mol. The van der Waals surface area contributed by atoms with E-state index >= 15 is 0 Å². The van der Waals surface area contributed by atoms with Crippen molar-refractivity contribution in [1.82, 2.24) is 0 Å². The monoisotopic (exact) mass is 188 g/mol. The van der Waals surface area contributed by atoms with Crippen LogP contribution in [0.15, 0.2) is 18.2 Å². The van der Waals surface area contributed by atoms with Crippen LogP contribution in [-0.4, -0.2) is 5.11 Å². The van der Waals surface area contributed by atoms with Gasteiger partial charge in [0.1, 0.15) is 0 Å². The number of benzene rings is 1. The summed E-state index contributed by atoms with van der Waals surface area (Å²) in [4.78, 5) is 0. The predicted molar refractivity (Wildman–Crippen MR) is 56.4 cm³/mol. The Kier molecular flexibility index (Phi) is 1.72. The predicted octanol–water partition coefficient (Wildman–Crippen LogP) is 3.10. The molecule has 1 heteroatoms. The summed E-state index contributed by atoms with van der Waals surface area (Å²) in [6.45, 7) is 2.30. The third-order valence-electron chi connectivity index (χ3n) is 3.93. The van der Waals surface area contributed by atoms with Crippen molar-refractivity contribution in [2.45, 2.75) is 44.1 Å². The highest BCUT2D eigenvalue weighted by Crippen LogP contribution is 2.50. The van der Waals surface area contributed by atoms with E-state index in [2.05, 4.69) is 25.1 Å². The van der Waals surface area contributed by atoms with Gasteiger partial charge < -0.3 is 5.11 Å². The maximum Gasteiger partial charge on any atom is 0.0798 e. The van der Waals surface area contributed by atoms with E-state index in [-0.39, 0.29) is 6.10 Å². The molecule has 2 aliphatic rings. The SMILES string of the molecule is CC1CCC2CC(O)c3cccc1c32. The molecule has 0 fully saturated rings. The lowest BCUT2D eigenvalue weighted by Crippen LogP contribution is -2.09. The topological polar surface area (TPSA) is 20.2 Å². The normalized spacial score (nSPS) is 34.3. The minimum atomic E-state index is -0.194. The van der Waals surface area contributed by atoms with Crippen LogP contribution in [0.2, 0.25) is 0 Å². The molecule has 0 aliphatic heterocycles. The lowest BCUT2D eigenvalue weighted by atomic mass is 9.78. The van der Waals surface area contributed by atoms with E-state index in [0.29, 0.717) is 11.8 Å². The average Bonchev–Trinajstić information content (AvgIpc) is 2.52. The van der Waals surface area contributed by atoms with Crippen molar-refractivity contribution in [2.75, 3.05) is 0 Å². The van der Waals surface area contributed by atoms with Gasteiger partial charge in [-0.15, -0.1) is 0 Å². The molecule has 3 rings (SSSR count). The van der Waals surface area contributed by atoms with E-state index in [1.807, 2.05) is 0 Å². The van der Waals surface area contributed by atoms with Gasteiger partial charge in [0, 0.05) is 0 Å². The second-order valence-electron chi connectivity index (χ2n) is 4.78. The summed E-state index contributed by atoms with van der Waals surface area (Å²) in [6, 6.07) is 6.44. The van der Waals surface area contributed by atoms with Gasteiger partial charge in [0.2, 0.25) is 0 Å². The molecule has 0 saturated heterocycles. The Morgan fingerprint density at radius 2 is 2.00 bits per heavy atom. The number of hydrogen-bond acceptors (Lipinski definition) is 1. The van der Waals surface area contributed by atoms with Crippen molar-refractivity contribution >= 4 is 0 Å². The Labute approximate surface area is 84.8 Å². The van der Waals surface area contributed by atoms with Gasteiger partial charge >= 0.3 is 0 Å². The Balaban J connectivity index is 2.22. The van der Waals surface area contributed by atoms with Crippen LogP contribution in [0, 0.1) is 0 Å². The van der Waals surface area contributed by atoms with Crippen molar-refractivity contribution in [1.29, 1.82) is 0 Å². The molecule has 0 heterocycles. The summed E-state index contributed by atoms with van der Waals surface area (Å²) in [5.74, 6) is 1.33. The van der Waals surface area contributed by atoms with Crippen LogP contribution in [0.4, 0.5) is 0 Å². The molecule has 0 aromatic heterocycles. The minimum absolute atomic E-state index is 0.194. The fourth-order valence-electron chi connectivity index (χ4n) is 3.18. The second kappa shape index (κ2) is 2.83. The van der Waals surface area contributed by atoms with Crippen LogP contribution in [0.3, 0.4) is 0 Å². The molecule has 0 saturated carbocycles. The van der Waals surface area contributed by atoms with Crippen molar-refractivity contribution < 1.29 is 5.11 Å². The lowest BCUT2D eigenvalue weighted by molar-refractivity contribution is 0.171. The Morgan fingerprint density at radius 3 is 2.86 bits per heavy atom. The zero-order valence-corrected chi connectivity index (χ0v) is 8.53. The first-order chi connectivity index (χ1) is 6.77. The maximum atomic E-state index is 9.92. The highest BCUT2D eigenvalue weighted by molar-refractivity contribution is 5.46. The van der Waals surface area contributed by atoms with Crippen LogP contribution in [0.1, 0.15) is 60.8 Å². The molecule has 1 aromatic carbocycles. The molecule has 74 valence electrons. The van der Waals surface area contributed by atoms with Gasteiger partial charge in [-0.1, -0.05) is 25.1 Å². The highest BCUT2D eigenvalue weighted by Gasteiger charge is 2.35. The van der Waals surface area contributed by atoms with Gasteiger partial charge in [-0.2, -0.15) is 0 Å². The number of rotatable bonds is 0. The molecule has 3 unspecified atom stereocenters. The van der Waals surface area contributed by atoms with Gasteiger partial charge in [-0.25, -0.2) is 0 Å². The lowest BCUT2D eigenvalue weighted by Gasteiger charge is -2.26. The molecule has 14 heavy (non-hydrogen) atoms. The van der Waals surface area contributed by atoms with Crippen LogP contribution < -0.4 is 0 Å². The van der Waals surface area contributed by atoms with Crippen LogP contribution in [0.5, 0.6) is 0 Å². The third kappa shape index (κ3) is 0.992. The van der Waals surface area contributed by atoms with E-state index in [0.717, 1.165) is 6.42 Å². The molecule has 1 N–H and O–H groups in total. The standard InChI is InChI=1S/C13H16O/c1-8-5-6-9-7-12(14)11-4-2-3-10(8)13(9)11/h2-4,8-9,12,14H,5-7H2,1H3. The van der Waals surface area contributed by atoms with E-state index in [1.165, 1.54) is 29.5 Å². The van der Waals surface area contributed by atoms with Gasteiger partial charge in [0.25, 0.3) is 0 Å². The number of aliphatic hydroxyl groups excluding tert-OH is 1. The summed E-state index contributed by atoms with van der Waals surface area (Å²) < 4.78 is 0. The quantitative estimate of drug-likeness (QED) is 0.663. The van der Waals surface area contributed by atoms with Crippen LogP contribution in [-0.2, 0) is 0 Å². The second-order valence-corrected chi connectivity index (χ2v) is 4.78. The van der Waals surface area contributed by atoms with E-state index in [4.69, 9.17) is 0 Å². The Morgan fingerprint density at radius 1 is 1.21 bits per heavy atom. The molecule has 1 nitrogen and oxygen atoms in total. The summed E-state index contributed by atoms with van der Waals surface area (Å²) in [6.07, 6.45) is 3.31. The van der Waals surface area contributed by atoms with Gasteiger partial charge in [0.15, 0.2) is 0 Å². The minimum Gasteiger partial charge on any atom is -0.388 e. The molecular formula is C13H16O. The molecule has 3 atom stereocenters. The molecule has 0 spiro atoms. The van der Waals surface area contributed by atoms with Crippen molar-refractivity contribution in [3.8, 4) is 0 Å². The number of hydrogen-bond donors (Lipinski definition) is 1. The van der Waals surface area contributed by atoms with Crippen molar-refractivity contribution in [2.24, 2.45) is 0 Å². The zero-order valence-electron chi connectivity index (χ0n) is 8.53. The summed E-state index contributed by atoms with van der Waals surface area (Å²) in [5, 5.41) is 9.92. The fraction of sp³-hybridized carbons (Fsp3) is 0.538. The van der Waals surface area contributed by atoms with E-state index in [9.17, 15) is 5.11 Å². The van der Waals surface area contributed by atoms with Gasteiger partial charge in [-0.3, -0.25) is 0 Å².